The Balaban J connectivity index is 0.00000182. The molecule has 2 nitrogen and oxygen atoms in total. The summed E-state index contributed by atoms with van der Waals surface area (Å²) in [6, 6.07) is 25.8. The van der Waals surface area contributed by atoms with Crippen LogP contribution in [0.4, 0.5) is 0 Å². The third-order valence-electron chi connectivity index (χ3n) is 4.93. The molecule has 3 aromatic carbocycles. The Morgan fingerprint density at radius 2 is 1.64 bits per heavy atom. The Labute approximate surface area is 155 Å². The molecule has 130 valence electrons. The van der Waals surface area contributed by atoms with Crippen LogP contribution in [0.5, 0.6) is 0 Å². The predicted octanol–water partition coefficient (Wildman–Crippen LogP) is 4.92. The minimum atomic E-state index is 0. The van der Waals surface area contributed by atoms with E-state index in [0.717, 1.165) is 19.5 Å². The second kappa shape index (κ2) is 8.48. The van der Waals surface area contributed by atoms with Crippen LogP contribution in [0.2, 0.25) is 0 Å². The third-order valence-corrected chi connectivity index (χ3v) is 4.93. The highest BCUT2D eigenvalue weighted by atomic mass is 35.5. The van der Waals surface area contributed by atoms with E-state index < -0.39 is 0 Å². The Hall–Kier alpha value is -1.87. The molecule has 1 saturated heterocycles. The Bertz CT molecular complexity index is 805. The second-order valence-electron chi connectivity index (χ2n) is 6.54. The molecule has 2 atom stereocenters. The molecule has 3 aromatic rings. The van der Waals surface area contributed by atoms with Crippen molar-refractivity contribution >= 4 is 23.2 Å². The summed E-state index contributed by atoms with van der Waals surface area (Å²) in [6.45, 7) is 2.66. The summed E-state index contributed by atoms with van der Waals surface area (Å²) in [5, 5.41) is 6.03. The number of hydrogen-bond acceptors (Lipinski definition) is 2. The van der Waals surface area contributed by atoms with Gasteiger partial charge in [-0.1, -0.05) is 66.7 Å². The van der Waals surface area contributed by atoms with Crippen LogP contribution in [0.15, 0.2) is 72.8 Å². The van der Waals surface area contributed by atoms with Crippen LogP contribution in [0.25, 0.3) is 10.8 Å². The molecule has 0 amide bonds. The molecular formula is C22H24ClNO. The van der Waals surface area contributed by atoms with Crippen molar-refractivity contribution in [3.05, 3.63) is 83.9 Å². The lowest BCUT2D eigenvalue weighted by Crippen LogP contribution is -2.40. The molecule has 0 bridgehead atoms. The molecule has 0 spiro atoms. The summed E-state index contributed by atoms with van der Waals surface area (Å²) in [5.74, 6) is 0.480. The van der Waals surface area contributed by atoms with Crippen LogP contribution in [0, 0.1) is 0 Å². The second-order valence-corrected chi connectivity index (χ2v) is 6.54. The fourth-order valence-electron chi connectivity index (χ4n) is 3.62. The molecular weight excluding hydrogens is 330 g/mol. The third kappa shape index (κ3) is 4.21. The molecule has 1 fully saturated rings. The summed E-state index contributed by atoms with van der Waals surface area (Å²) in [4.78, 5) is 0. The number of hydrogen-bond donors (Lipinski definition) is 1. The number of rotatable bonds is 4. The number of ether oxygens (including phenoxy) is 1. The Morgan fingerprint density at radius 3 is 2.48 bits per heavy atom. The van der Waals surface area contributed by atoms with Crippen molar-refractivity contribution in [2.45, 2.75) is 25.0 Å². The highest BCUT2D eigenvalue weighted by molar-refractivity contribution is 5.85. The van der Waals surface area contributed by atoms with Gasteiger partial charge in [0.25, 0.3) is 0 Å². The van der Waals surface area contributed by atoms with Crippen LogP contribution in [-0.4, -0.2) is 19.2 Å². The fraction of sp³-hybridized carbons (Fsp3) is 0.273. The van der Waals surface area contributed by atoms with E-state index in [-0.39, 0.29) is 18.5 Å². The number of piperidine rings is 1. The highest BCUT2D eigenvalue weighted by Gasteiger charge is 2.26. The van der Waals surface area contributed by atoms with Gasteiger partial charge in [0, 0.05) is 12.5 Å². The van der Waals surface area contributed by atoms with E-state index in [1.807, 2.05) is 0 Å². The van der Waals surface area contributed by atoms with Crippen molar-refractivity contribution in [1.82, 2.24) is 5.32 Å². The largest absolute Gasteiger partial charge is 0.372 e. The molecule has 1 heterocycles. The molecule has 0 radical (unpaired) electrons. The minimum absolute atomic E-state index is 0. The molecule has 1 aliphatic heterocycles. The first-order chi connectivity index (χ1) is 11.9. The fourth-order valence-corrected chi connectivity index (χ4v) is 3.62. The summed E-state index contributed by atoms with van der Waals surface area (Å²) >= 11 is 0. The lowest BCUT2D eigenvalue weighted by atomic mass is 9.88. The van der Waals surface area contributed by atoms with Crippen molar-refractivity contribution < 1.29 is 4.74 Å². The zero-order valence-corrected chi connectivity index (χ0v) is 15.0. The molecule has 0 aliphatic carbocycles. The average Bonchev–Trinajstić information content (AvgIpc) is 2.67. The zero-order valence-electron chi connectivity index (χ0n) is 14.2. The SMILES string of the molecule is Cl.c1ccc(C2CCNCC2OCc2ccc3ccccc3c2)cc1. The van der Waals surface area contributed by atoms with Crippen LogP contribution in [0.1, 0.15) is 23.5 Å². The summed E-state index contributed by atoms with van der Waals surface area (Å²) in [5.41, 5.74) is 2.63. The van der Waals surface area contributed by atoms with Crippen molar-refractivity contribution in [3.8, 4) is 0 Å². The molecule has 3 heteroatoms. The molecule has 0 saturated carbocycles. The van der Waals surface area contributed by atoms with E-state index >= 15 is 0 Å². The van der Waals surface area contributed by atoms with Crippen molar-refractivity contribution in [2.24, 2.45) is 0 Å². The lowest BCUT2D eigenvalue weighted by Gasteiger charge is -2.32. The van der Waals surface area contributed by atoms with E-state index in [4.69, 9.17) is 4.74 Å². The highest BCUT2D eigenvalue weighted by Crippen LogP contribution is 2.28. The van der Waals surface area contributed by atoms with Crippen LogP contribution < -0.4 is 5.32 Å². The van der Waals surface area contributed by atoms with E-state index in [2.05, 4.69) is 78.1 Å². The predicted molar refractivity (Wildman–Crippen MR) is 106 cm³/mol. The Morgan fingerprint density at radius 1 is 0.880 bits per heavy atom. The van der Waals surface area contributed by atoms with E-state index in [1.165, 1.54) is 21.9 Å². The first-order valence-corrected chi connectivity index (χ1v) is 8.75. The van der Waals surface area contributed by atoms with Gasteiger partial charge in [-0.25, -0.2) is 0 Å². The first-order valence-electron chi connectivity index (χ1n) is 8.75. The van der Waals surface area contributed by atoms with Gasteiger partial charge in [0.2, 0.25) is 0 Å². The van der Waals surface area contributed by atoms with Crippen LogP contribution >= 0.6 is 12.4 Å². The van der Waals surface area contributed by atoms with Gasteiger partial charge in [-0.15, -0.1) is 12.4 Å². The van der Waals surface area contributed by atoms with Gasteiger partial charge < -0.3 is 10.1 Å². The van der Waals surface area contributed by atoms with E-state index in [9.17, 15) is 0 Å². The molecule has 0 aromatic heterocycles. The van der Waals surface area contributed by atoms with E-state index in [0.29, 0.717) is 12.5 Å². The van der Waals surface area contributed by atoms with Crippen LogP contribution in [0.3, 0.4) is 0 Å². The monoisotopic (exact) mass is 353 g/mol. The number of fused-ring (bicyclic) bond motifs is 1. The first kappa shape index (κ1) is 17.9. The maximum absolute atomic E-state index is 6.32. The number of nitrogens with one attached hydrogen (secondary N) is 1. The minimum Gasteiger partial charge on any atom is -0.372 e. The summed E-state index contributed by atoms with van der Waals surface area (Å²) < 4.78 is 6.32. The molecule has 4 rings (SSSR count). The smallest absolute Gasteiger partial charge is 0.0772 e. The molecule has 25 heavy (non-hydrogen) atoms. The number of benzene rings is 3. The van der Waals surface area contributed by atoms with Crippen molar-refractivity contribution in [1.29, 1.82) is 0 Å². The molecule has 1 aliphatic rings. The van der Waals surface area contributed by atoms with E-state index in [1.54, 1.807) is 0 Å². The Kier molecular flexibility index (Phi) is 6.09. The number of halogens is 1. The molecule has 2 unspecified atom stereocenters. The van der Waals surface area contributed by atoms with Crippen LogP contribution in [-0.2, 0) is 11.3 Å². The van der Waals surface area contributed by atoms with Gasteiger partial charge in [0.05, 0.1) is 12.7 Å². The van der Waals surface area contributed by atoms with Gasteiger partial charge in [-0.3, -0.25) is 0 Å². The zero-order chi connectivity index (χ0) is 16.2. The standard InChI is InChI=1S/C22H23NO.ClH/c1-2-7-19(8-3-1)21-12-13-23-15-22(21)24-16-17-10-11-18-6-4-5-9-20(18)14-17;/h1-11,14,21-23H,12-13,15-16H2;1H. The maximum Gasteiger partial charge on any atom is 0.0772 e. The summed E-state index contributed by atoms with van der Waals surface area (Å²) in [7, 11) is 0. The van der Waals surface area contributed by atoms with Gasteiger partial charge in [0.1, 0.15) is 0 Å². The lowest BCUT2D eigenvalue weighted by molar-refractivity contribution is 0.0106. The maximum atomic E-state index is 6.32. The van der Waals surface area contributed by atoms with Gasteiger partial charge >= 0.3 is 0 Å². The van der Waals surface area contributed by atoms with Crippen molar-refractivity contribution in [3.63, 3.8) is 0 Å². The topological polar surface area (TPSA) is 21.3 Å². The van der Waals surface area contributed by atoms with Gasteiger partial charge in [-0.05, 0) is 40.9 Å². The summed E-state index contributed by atoms with van der Waals surface area (Å²) in [6.07, 6.45) is 1.36. The van der Waals surface area contributed by atoms with Gasteiger partial charge in [-0.2, -0.15) is 0 Å². The van der Waals surface area contributed by atoms with Crippen molar-refractivity contribution in [2.75, 3.05) is 13.1 Å². The normalized spacial score (nSPS) is 20.2. The molecule has 1 N–H and O–H groups in total. The quantitative estimate of drug-likeness (QED) is 0.718. The van der Waals surface area contributed by atoms with Gasteiger partial charge in [0.15, 0.2) is 0 Å². The average molecular weight is 354 g/mol.